The van der Waals surface area contributed by atoms with E-state index < -0.39 is 80.4 Å². The predicted octanol–water partition coefficient (Wildman–Crippen LogP) is 6.61. The summed E-state index contributed by atoms with van der Waals surface area (Å²) in [5.41, 5.74) is 0.307. The second kappa shape index (κ2) is 18.5. The lowest BCUT2D eigenvalue weighted by Gasteiger charge is -2.35. The third kappa shape index (κ3) is 10.2. The number of allylic oxidation sites excluding steroid dienone is 1. The zero-order chi connectivity index (χ0) is 45.2. The summed E-state index contributed by atoms with van der Waals surface area (Å²) in [5.74, 6) is -1.50. The number of aromatic nitrogens is 2. The molecule has 2 aliphatic heterocycles. The first-order chi connectivity index (χ1) is 30.6. The first kappa shape index (κ1) is 45.0. The van der Waals surface area contributed by atoms with Crippen molar-refractivity contribution in [3.8, 4) is 22.2 Å². The number of methoxy groups -OCH3 is 1. The van der Waals surface area contributed by atoms with Crippen LogP contribution in [0, 0.1) is 5.92 Å². The van der Waals surface area contributed by atoms with Crippen LogP contribution in [0.1, 0.15) is 90.5 Å². The van der Waals surface area contributed by atoms with Gasteiger partial charge in [0.1, 0.15) is 40.8 Å². The zero-order valence-corrected chi connectivity index (χ0v) is 38.2. The van der Waals surface area contributed by atoms with Crippen molar-refractivity contribution in [3.05, 3.63) is 83.8 Å². The third-order valence-electron chi connectivity index (χ3n) is 12.3. The van der Waals surface area contributed by atoms with Crippen molar-refractivity contribution < 1.29 is 41.8 Å². The van der Waals surface area contributed by atoms with Gasteiger partial charge < -0.3 is 29.7 Å². The summed E-state index contributed by atoms with van der Waals surface area (Å²) in [5, 5.41) is 7.10. The van der Waals surface area contributed by atoms with E-state index in [2.05, 4.69) is 15.4 Å². The summed E-state index contributed by atoms with van der Waals surface area (Å²) >= 11 is 1.47. The number of ether oxygens (including phenoxy) is 3. The molecule has 2 aliphatic carbocycles. The average molecular weight is 913 g/mol. The molecule has 64 heavy (non-hydrogen) atoms. The van der Waals surface area contributed by atoms with Crippen molar-refractivity contribution >= 4 is 56.2 Å². The van der Waals surface area contributed by atoms with Gasteiger partial charge in [-0.15, -0.1) is 11.3 Å². The Morgan fingerprint density at radius 3 is 2.41 bits per heavy atom. The van der Waals surface area contributed by atoms with Crippen LogP contribution in [-0.4, -0.2) is 94.8 Å². The quantitative estimate of drug-likeness (QED) is 0.137. The second-order valence-corrected chi connectivity index (χ2v) is 21.1. The largest absolute Gasteiger partial charge is 0.497 e. The molecule has 3 fully saturated rings. The van der Waals surface area contributed by atoms with Gasteiger partial charge in [0.25, 0.3) is 5.91 Å². The number of carbonyl (C=O) groups excluding carboxylic acids is 4. The Hall–Kier alpha value is -5.55. The maximum atomic E-state index is 15.4. The van der Waals surface area contributed by atoms with Gasteiger partial charge in [-0.2, -0.15) is 0 Å². The topological polar surface area (TPSA) is 195 Å². The number of aryl methyl sites for hydroxylation is 1. The van der Waals surface area contributed by atoms with Gasteiger partial charge in [0.15, 0.2) is 0 Å². The Labute approximate surface area is 377 Å². The normalized spacial score (nSPS) is 25.8. The van der Waals surface area contributed by atoms with Crippen molar-refractivity contribution in [2.45, 2.75) is 132 Å². The van der Waals surface area contributed by atoms with Crippen LogP contribution >= 0.6 is 11.3 Å². The lowest BCUT2D eigenvalue weighted by Crippen LogP contribution is -2.60. The van der Waals surface area contributed by atoms with Gasteiger partial charge in [0, 0.05) is 12.3 Å². The van der Waals surface area contributed by atoms with E-state index in [-0.39, 0.29) is 25.1 Å². The van der Waals surface area contributed by atoms with Gasteiger partial charge in [-0.1, -0.05) is 55.3 Å². The number of para-hydroxylation sites is 2. The number of benzene rings is 2. The van der Waals surface area contributed by atoms with Crippen LogP contribution in [0.2, 0.25) is 0 Å². The summed E-state index contributed by atoms with van der Waals surface area (Å²) in [4.78, 5) is 70.3. The van der Waals surface area contributed by atoms with Crippen LogP contribution in [0.15, 0.2) is 78.2 Å². The smallest absolute Gasteiger partial charge is 0.408 e. The number of hydrogen-bond donors (Lipinski definition) is 3. The summed E-state index contributed by atoms with van der Waals surface area (Å²) in [6, 6.07) is 15.8. The van der Waals surface area contributed by atoms with E-state index in [1.54, 1.807) is 27.9 Å². The molecule has 2 saturated carbocycles. The first-order valence-corrected chi connectivity index (χ1v) is 24.5. The van der Waals surface area contributed by atoms with Gasteiger partial charge in [0.05, 0.1) is 34.3 Å². The van der Waals surface area contributed by atoms with Crippen LogP contribution in [0.3, 0.4) is 0 Å². The minimum absolute atomic E-state index is 0.0129. The molecule has 3 N–H and O–H groups in total. The van der Waals surface area contributed by atoms with E-state index in [0.29, 0.717) is 61.0 Å². The Balaban J connectivity index is 1.21. The minimum Gasteiger partial charge on any atom is -0.497 e. The molecule has 2 aromatic carbocycles. The highest BCUT2D eigenvalue weighted by atomic mass is 32.2. The maximum Gasteiger partial charge on any atom is 0.408 e. The fourth-order valence-corrected chi connectivity index (χ4v) is 10.8. The molecule has 4 aromatic rings. The van der Waals surface area contributed by atoms with Gasteiger partial charge in [0.2, 0.25) is 27.7 Å². The van der Waals surface area contributed by atoms with Gasteiger partial charge in [-0.05, 0) is 113 Å². The molecule has 4 heterocycles. The van der Waals surface area contributed by atoms with Crippen LogP contribution in [-0.2, 0) is 35.6 Å². The van der Waals surface area contributed by atoms with Gasteiger partial charge in [-0.25, -0.2) is 23.2 Å². The van der Waals surface area contributed by atoms with E-state index in [1.807, 2.05) is 78.2 Å². The molecule has 2 aromatic heterocycles. The number of thiophene rings is 1. The van der Waals surface area contributed by atoms with Gasteiger partial charge >= 0.3 is 6.09 Å². The molecule has 17 heteroatoms. The number of sulfonamides is 1. The summed E-state index contributed by atoms with van der Waals surface area (Å²) in [7, 11) is -2.36. The highest BCUT2D eigenvalue weighted by Crippen LogP contribution is 2.47. The minimum atomic E-state index is -3.95. The fraction of sp³-hybridized carbons (Fsp3) is 0.489. The molecule has 1 saturated heterocycles. The highest BCUT2D eigenvalue weighted by molar-refractivity contribution is 7.91. The van der Waals surface area contributed by atoms with Crippen LogP contribution in [0.4, 0.5) is 4.79 Å². The van der Waals surface area contributed by atoms with Crippen molar-refractivity contribution in [1.29, 1.82) is 0 Å². The predicted molar refractivity (Wildman–Crippen MR) is 242 cm³/mol. The number of fused-ring (bicyclic) bond motifs is 3. The first-order valence-electron chi connectivity index (χ1n) is 22.1. The van der Waals surface area contributed by atoms with Crippen molar-refractivity contribution in [3.63, 3.8) is 0 Å². The molecule has 0 spiro atoms. The van der Waals surface area contributed by atoms with Crippen LogP contribution in [0.5, 0.6) is 11.6 Å². The number of hydrogen-bond acceptors (Lipinski definition) is 12. The SMILES string of the molecule is COc1ccc(CC[C@H]2[C@H](Oc3nc4ccccc4nc3-c3cccs3)CC3C(=O)NC4(C(=O)NS(=O)(=O)C5CC5)CC4/C=C\CCCCCC(NC(=O)OC(C)(C)C)C(=O)N32)cc1. The average Bonchev–Trinajstić information content (AvgIpc) is 4.14. The molecule has 4 amide bonds. The monoisotopic (exact) mass is 912 g/mol. The Morgan fingerprint density at radius 1 is 0.969 bits per heavy atom. The Morgan fingerprint density at radius 2 is 1.72 bits per heavy atom. The fourth-order valence-electron chi connectivity index (χ4n) is 8.69. The van der Waals surface area contributed by atoms with Crippen molar-refractivity contribution in [1.82, 2.24) is 30.2 Å². The number of amides is 4. The van der Waals surface area contributed by atoms with Crippen molar-refractivity contribution in [2.75, 3.05) is 7.11 Å². The van der Waals surface area contributed by atoms with E-state index in [0.717, 1.165) is 23.3 Å². The number of nitrogens with one attached hydrogen (secondary N) is 3. The zero-order valence-electron chi connectivity index (χ0n) is 36.6. The molecule has 0 radical (unpaired) electrons. The lowest BCUT2D eigenvalue weighted by molar-refractivity contribution is -0.143. The van der Waals surface area contributed by atoms with Crippen LogP contribution < -0.4 is 24.8 Å². The van der Waals surface area contributed by atoms with Crippen LogP contribution in [0.25, 0.3) is 21.6 Å². The molecule has 4 unspecified atom stereocenters. The van der Waals surface area contributed by atoms with E-state index in [9.17, 15) is 18.0 Å². The molecule has 8 rings (SSSR count). The molecule has 4 aliphatic rings. The maximum absolute atomic E-state index is 15.4. The number of nitrogens with zero attached hydrogens (tertiary/aromatic N) is 3. The van der Waals surface area contributed by atoms with E-state index in [1.165, 1.54) is 16.2 Å². The molecule has 6 atom stereocenters. The molecular formula is C47H56N6O9S2. The lowest BCUT2D eigenvalue weighted by atomic mass is 10.00. The van der Waals surface area contributed by atoms with Gasteiger partial charge in [-0.3, -0.25) is 19.1 Å². The number of carbonyl (C=O) groups is 4. The Bertz CT molecular complexity index is 2500. The molecular weight excluding hydrogens is 857 g/mol. The number of rotatable bonds is 11. The summed E-state index contributed by atoms with van der Waals surface area (Å²) < 4.78 is 46.5. The van der Waals surface area contributed by atoms with Crippen molar-refractivity contribution in [2.24, 2.45) is 5.92 Å². The summed E-state index contributed by atoms with van der Waals surface area (Å²) in [6.07, 6.45) is 7.16. The van der Waals surface area contributed by atoms with E-state index >= 15 is 9.59 Å². The molecule has 340 valence electrons. The van der Waals surface area contributed by atoms with E-state index in [4.69, 9.17) is 24.2 Å². The molecule has 0 bridgehead atoms. The molecule has 15 nitrogen and oxygen atoms in total. The third-order valence-corrected chi connectivity index (χ3v) is 15.0. The Kier molecular flexibility index (Phi) is 13.0. The number of alkyl carbamates (subject to hydrolysis) is 1. The second-order valence-electron chi connectivity index (χ2n) is 18.2. The standard InChI is InChI=1S/C47H56N6O9S2/c1-46(2,3)62-45(57)50-35-16-9-7-5-6-8-13-30-28-47(30,44(56)52-64(58,59)32-23-24-32)51-41(54)37-27-38(36(53(37)43(35)55)25-20-29-18-21-31(60-4)22-19-29)61-42-40(39-17-12-26-63-39)48-33-14-10-11-15-34(33)49-42/h8,10-15,17-19,21-22,26,30,32,35-38H,5-7,9,16,20,23-25,27-28H2,1-4H3,(H,50,57)(H,51,54)(H,52,56)/b13-8-/t30?,35?,36-,37?,38+,47?/m0/s1. The highest BCUT2D eigenvalue weighted by Gasteiger charge is 2.62. The summed E-state index contributed by atoms with van der Waals surface area (Å²) in [6.45, 7) is 5.22.